The molecule has 2 saturated heterocycles. The second-order valence-electron chi connectivity index (χ2n) is 5.80. The number of fused-ring (bicyclic) bond motifs is 2. The van der Waals surface area contributed by atoms with E-state index in [0.29, 0.717) is 17.9 Å². The van der Waals surface area contributed by atoms with Gasteiger partial charge in [-0.25, -0.2) is 4.79 Å². The first-order valence-electron chi connectivity index (χ1n) is 7.50. The molecule has 2 rings (SSSR count). The summed E-state index contributed by atoms with van der Waals surface area (Å²) in [5, 5.41) is 0.556. The SMILES string of the molecule is CCC(C)C(=O)NNC(=O)C1CCC2CN1C(=O)N2OS(=O)(=O)O. The maximum atomic E-state index is 12.2. The molecule has 24 heavy (non-hydrogen) atoms. The molecule has 0 spiro atoms. The third kappa shape index (κ3) is 3.94. The van der Waals surface area contributed by atoms with Gasteiger partial charge in [0.2, 0.25) is 5.91 Å². The van der Waals surface area contributed by atoms with Crippen LogP contribution in [0.5, 0.6) is 0 Å². The highest BCUT2D eigenvalue weighted by atomic mass is 32.3. The molecule has 3 unspecified atom stereocenters. The monoisotopic (exact) mass is 364 g/mol. The normalized spacial score (nSPS) is 24.7. The zero-order valence-corrected chi connectivity index (χ0v) is 14.1. The smallest absolute Gasteiger partial charge is 0.309 e. The van der Waals surface area contributed by atoms with Crippen molar-refractivity contribution < 1.29 is 31.6 Å². The first-order chi connectivity index (χ1) is 11.1. The van der Waals surface area contributed by atoms with Gasteiger partial charge in [-0.1, -0.05) is 13.8 Å². The van der Waals surface area contributed by atoms with Crippen molar-refractivity contribution in [2.24, 2.45) is 5.92 Å². The molecule has 2 aliphatic heterocycles. The van der Waals surface area contributed by atoms with Gasteiger partial charge in [-0.05, 0) is 19.3 Å². The Hall–Kier alpha value is -1.92. The van der Waals surface area contributed by atoms with Crippen molar-refractivity contribution >= 4 is 28.2 Å². The molecule has 3 N–H and O–H groups in total. The predicted molar refractivity (Wildman–Crippen MR) is 79.1 cm³/mol. The Morgan fingerprint density at radius 2 is 2.04 bits per heavy atom. The Labute approximate surface area is 139 Å². The van der Waals surface area contributed by atoms with Crippen LogP contribution in [-0.2, 0) is 24.3 Å². The summed E-state index contributed by atoms with van der Waals surface area (Å²) in [6, 6.07) is -2.26. The summed E-state index contributed by atoms with van der Waals surface area (Å²) in [4.78, 5) is 37.2. The van der Waals surface area contributed by atoms with Crippen molar-refractivity contribution in [2.45, 2.75) is 45.2 Å². The van der Waals surface area contributed by atoms with Crippen LogP contribution in [-0.4, -0.2) is 59.4 Å². The molecule has 2 fully saturated rings. The minimum Gasteiger partial charge on any atom is -0.309 e. The molecule has 2 aliphatic rings. The van der Waals surface area contributed by atoms with E-state index < -0.39 is 34.4 Å². The number of urea groups is 1. The maximum absolute atomic E-state index is 12.2. The van der Waals surface area contributed by atoms with Gasteiger partial charge in [0.1, 0.15) is 6.04 Å². The Bertz CT molecular complexity index is 637. The van der Waals surface area contributed by atoms with Crippen LogP contribution in [0.4, 0.5) is 4.79 Å². The van der Waals surface area contributed by atoms with Gasteiger partial charge in [-0.2, -0.15) is 13.5 Å². The number of nitrogens with one attached hydrogen (secondary N) is 2. The van der Waals surface area contributed by atoms with Crippen LogP contribution >= 0.6 is 0 Å². The number of carbonyl (C=O) groups is 3. The molecule has 3 atom stereocenters. The van der Waals surface area contributed by atoms with E-state index in [-0.39, 0.29) is 24.8 Å². The average molecular weight is 364 g/mol. The molecule has 11 nitrogen and oxygen atoms in total. The van der Waals surface area contributed by atoms with Crippen LogP contribution in [0.2, 0.25) is 0 Å². The molecule has 0 aromatic rings. The van der Waals surface area contributed by atoms with Crippen LogP contribution < -0.4 is 10.9 Å². The zero-order valence-electron chi connectivity index (χ0n) is 13.3. The average Bonchev–Trinajstić information content (AvgIpc) is 2.75. The summed E-state index contributed by atoms with van der Waals surface area (Å²) < 4.78 is 34.6. The Morgan fingerprint density at radius 1 is 1.38 bits per heavy atom. The number of hydrazine groups is 1. The van der Waals surface area contributed by atoms with Gasteiger partial charge in [0, 0.05) is 12.5 Å². The molecular formula is C12H20N4O7S. The molecule has 4 amide bonds. The number of nitrogens with zero attached hydrogens (tertiary/aromatic N) is 2. The summed E-state index contributed by atoms with van der Waals surface area (Å²) >= 11 is 0. The van der Waals surface area contributed by atoms with Crippen LogP contribution in [0.15, 0.2) is 0 Å². The first kappa shape index (κ1) is 18.4. The molecule has 2 bridgehead atoms. The van der Waals surface area contributed by atoms with E-state index in [0.717, 1.165) is 4.90 Å². The van der Waals surface area contributed by atoms with E-state index in [9.17, 15) is 22.8 Å². The standard InChI is InChI=1S/C12H20N4O7S/c1-3-7(2)10(17)13-14-11(18)9-5-4-8-6-15(9)12(19)16(8)23-24(20,21)22/h7-9H,3-6H2,1-2H3,(H,13,17)(H,14,18)(H,20,21,22). The van der Waals surface area contributed by atoms with E-state index in [1.54, 1.807) is 6.92 Å². The fourth-order valence-electron chi connectivity index (χ4n) is 2.62. The lowest BCUT2D eigenvalue weighted by Gasteiger charge is -2.29. The summed E-state index contributed by atoms with van der Waals surface area (Å²) in [6.07, 6.45) is 1.20. The fraction of sp³-hybridized carbons (Fsp3) is 0.750. The maximum Gasteiger partial charge on any atom is 0.418 e. The zero-order chi connectivity index (χ0) is 18.1. The van der Waals surface area contributed by atoms with E-state index in [1.165, 1.54) is 0 Å². The lowest BCUT2D eigenvalue weighted by atomic mass is 10.0. The van der Waals surface area contributed by atoms with E-state index >= 15 is 0 Å². The first-order valence-corrected chi connectivity index (χ1v) is 8.87. The molecule has 0 aromatic carbocycles. The van der Waals surface area contributed by atoms with Crippen molar-refractivity contribution in [3.8, 4) is 0 Å². The largest absolute Gasteiger partial charge is 0.418 e. The van der Waals surface area contributed by atoms with Gasteiger partial charge < -0.3 is 4.90 Å². The summed E-state index contributed by atoms with van der Waals surface area (Å²) in [5.74, 6) is -1.19. The second-order valence-corrected chi connectivity index (χ2v) is 6.80. The minimum atomic E-state index is -4.83. The second kappa shape index (κ2) is 6.91. The molecule has 0 aromatic heterocycles. The molecule has 2 heterocycles. The van der Waals surface area contributed by atoms with Crippen molar-refractivity contribution in [3.63, 3.8) is 0 Å². The number of carbonyl (C=O) groups excluding carboxylic acids is 3. The lowest BCUT2D eigenvalue weighted by Crippen LogP contribution is -2.54. The number of amides is 4. The topological polar surface area (TPSA) is 145 Å². The van der Waals surface area contributed by atoms with Gasteiger partial charge in [-0.15, -0.1) is 4.28 Å². The third-order valence-electron chi connectivity index (χ3n) is 4.17. The van der Waals surface area contributed by atoms with E-state index in [4.69, 9.17) is 4.55 Å². The molecule has 0 radical (unpaired) electrons. The number of piperidine rings is 1. The molecule has 136 valence electrons. The Morgan fingerprint density at radius 3 is 2.62 bits per heavy atom. The van der Waals surface area contributed by atoms with Crippen LogP contribution in [0.1, 0.15) is 33.1 Å². The molecule has 0 saturated carbocycles. The van der Waals surface area contributed by atoms with Crippen molar-refractivity contribution in [1.82, 2.24) is 20.8 Å². The van der Waals surface area contributed by atoms with Gasteiger partial charge >= 0.3 is 16.4 Å². The molecule has 12 heteroatoms. The van der Waals surface area contributed by atoms with Gasteiger partial charge in [0.25, 0.3) is 5.91 Å². The van der Waals surface area contributed by atoms with Crippen LogP contribution in [0.3, 0.4) is 0 Å². The van der Waals surface area contributed by atoms with Crippen LogP contribution in [0.25, 0.3) is 0 Å². The third-order valence-corrected chi connectivity index (χ3v) is 4.52. The summed E-state index contributed by atoms with van der Waals surface area (Å²) in [6.45, 7) is 3.63. The summed E-state index contributed by atoms with van der Waals surface area (Å²) in [5.41, 5.74) is 4.57. The summed E-state index contributed by atoms with van der Waals surface area (Å²) in [7, 11) is -4.83. The minimum absolute atomic E-state index is 0.0890. The number of hydrogen-bond acceptors (Lipinski definition) is 6. The quantitative estimate of drug-likeness (QED) is 0.427. The molecular weight excluding hydrogens is 344 g/mol. The highest BCUT2D eigenvalue weighted by Crippen LogP contribution is 2.30. The van der Waals surface area contributed by atoms with Gasteiger partial charge in [0.05, 0.1) is 6.04 Å². The van der Waals surface area contributed by atoms with Gasteiger partial charge in [0.15, 0.2) is 0 Å². The van der Waals surface area contributed by atoms with Crippen molar-refractivity contribution in [3.05, 3.63) is 0 Å². The Balaban J connectivity index is 1.98. The van der Waals surface area contributed by atoms with E-state index in [1.807, 2.05) is 6.92 Å². The lowest BCUT2D eigenvalue weighted by molar-refractivity contribution is -0.133. The van der Waals surface area contributed by atoms with Crippen molar-refractivity contribution in [1.29, 1.82) is 0 Å². The number of hydrogen-bond donors (Lipinski definition) is 3. The van der Waals surface area contributed by atoms with Crippen molar-refractivity contribution in [2.75, 3.05) is 6.54 Å². The fourth-order valence-corrected chi connectivity index (χ4v) is 3.01. The Kier molecular flexibility index (Phi) is 5.30. The molecule has 0 aliphatic carbocycles. The number of rotatable bonds is 5. The predicted octanol–water partition coefficient (Wildman–Crippen LogP) is -0.817. The highest BCUT2D eigenvalue weighted by Gasteiger charge is 2.49. The van der Waals surface area contributed by atoms with E-state index in [2.05, 4.69) is 15.1 Å². The highest BCUT2D eigenvalue weighted by molar-refractivity contribution is 7.80. The number of hydroxylamine groups is 2. The van der Waals surface area contributed by atoms with Crippen LogP contribution in [0, 0.1) is 5.92 Å². The van der Waals surface area contributed by atoms with Gasteiger partial charge in [-0.3, -0.25) is 25.0 Å².